The van der Waals surface area contributed by atoms with E-state index in [4.69, 9.17) is 0 Å². The third kappa shape index (κ3) is 4.33. The first kappa shape index (κ1) is 17.3. The summed E-state index contributed by atoms with van der Waals surface area (Å²) < 4.78 is 14.7. The number of amides is 1. The van der Waals surface area contributed by atoms with E-state index in [2.05, 4.69) is 15.4 Å². The molecule has 1 unspecified atom stereocenters. The Hall–Kier alpha value is -2.48. The summed E-state index contributed by atoms with van der Waals surface area (Å²) in [4.78, 5) is 17.9. The third-order valence-electron chi connectivity index (χ3n) is 4.51. The Balaban J connectivity index is 1.47. The van der Waals surface area contributed by atoms with Crippen LogP contribution >= 0.6 is 0 Å². The number of anilines is 1. The Bertz CT molecular complexity index is 733. The molecule has 0 aliphatic carbocycles. The van der Waals surface area contributed by atoms with Gasteiger partial charge in [-0.15, -0.1) is 0 Å². The molecule has 0 aromatic carbocycles. The number of rotatable bonds is 6. The van der Waals surface area contributed by atoms with E-state index >= 15 is 0 Å². The molecule has 0 saturated carbocycles. The monoisotopic (exact) mass is 347 g/mol. The van der Waals surface area contributed by atoms with Crippen LogP contribution in [0.3, 0.4) is 0 Å². The molecule has 1 aliphatic rings. The lowest BCUT2D eigenvalue weighted by Crippen LogP contribution is -2.45. The van der Waals surface area contributed by atoms with Crippen molar-refractivity contribution < 1.29 is 14.3 Å². The van der Waals surface area contributed by atoms with E-state index in [0.29, 0.717) is 38.2 Å². The number of carbonyl (C=O) groups excluding carboxylic acids is 1. The Morgan fingerprint density at radius 2 is 2.28 bits per heavy atom. The van der Waals surface area contributed by atoms with Gasteiger partial charge >= 0.3 is 0 Å². The van der Waals surface area contributed by atoms with Crippen LogP contribution in [0, 0.1) is 5.82 Å². The molecule has 3 rings (SSSR count). The quantitative estimate of drug-likeness (QED) is 0.801. The number of aliphatic hydroxyl groups is 1. The zero-order chi connectivity index (χ0) is 17.9. The molecule has 1 aliphatic heterocycles. The van der Waals surface area contributed by atoms with Crippen LogP contribution in [0.1, 0.15) is 18.5 Å². The van der Waals surface area contributed by atoms with Crippen LogP contribution in [0.5, 0.6) is 0 Å². The summed E-state index contributed by atoms with van der Waals surface area (Å²) in [6, 6.07) is 4.82. The van der Waals surface area contributed by atoms with Crippen molar-refractivity contribution in [3.05, 3.63) is 42.1 Å². The highest BCUT2D eigenvalue weighted by Crippen LogP contribution is 2.25. The zero-order valence-electron chi connectivity index (χ0n) is 14.2. The number of carbonyl (C=O) groups is 1. The molecule has 0 spiro atoms. The number of nitrogens with zero attached hydrogens (tertiary/aromatic N) is 4. The van der Waals surface area contributed by atoms with Gasteiger partial charge in [-0.2, -0.15) is 5.10 Å². The van der Waals surface area contributed by atoms with Crippen molar-refractivity contribution in [3.8, 4) is 0 Å². The minimum Gasteiger partial charge on any atom is -0.386 e. The van der Waals surface area contributed by atoms with E-state index in [1.54, 1.807) is 16.9 Å². The average Bonchev–Trinajstić information content (AvgIpc) is 3.18. The molecule has 25 heavy (non-hydrogen) atoms. The molecule has 2 N–H and O–H groups in total. The number of pyridine rings is 1. The van der Waals surface area contributed by atoms with Crippen LogP contribution in [0.25, 0.3) is 0 Å². The summed E-state index contributed by atoms with van der Waals surface area (Å²) in [5.41, 5.74) is -0.0126. The molecule has 2 aromatic heterocycles. The van der Waals surface area contributed by atoms with Crippen molar-refractivity contribution in [1.29, 1.82) is 0 Å². The standard InChI is InChI=1S/C17H22FN5O2/c1-22-14(6-8-21-22)3-5-16(24)20-11-17(25)7-9-23(12-17)15-4-2-13(18)10-19-15/h2,4,6,8,10,25H,3,5,7,9,11-12H2,1H3,(H,20,24). The maximum atomic E-state index is 13.0. The van der Waals surface area contributed by atoms with Gasteiger partial charge in [0.25, 0.3) is 0 Å². The van der Waals surface area contributed by atoms with Crippen molar-refractivity contribution in [2.24, 2.45) is 7.05 Å². The van der Waals surface area contributed by atoms with E-state index in [0.717, 1.165) is 11.9 Å². The van der Waals surface area contributed by atoms with E-state index in [9.17, 15) is 14.3 Å². The van der Waals surface area contributed by atoms with Gasteiger partial charge in [-0.1, -0.05) is 0 Å². The molecule has 1 atom stereocenters. The van der Waals surface area contributed by atoms with Gasteiger partial charge in [-0.05, 0) is 31.0 Å². The molecule has 2 aromatic rings. The van der Waals surface area contributed by atoms with Gasteiger partial charge in [0.15, 0.2) is 0 Å². The molecule has 3 heterocycles. The van der Waals surface area contributed by atoms with Crippen LogP contribution in [-0.2, 0) is 18.3 Å². The van der Waals surface area contributed by atoms with Gasteiger partial charge in [-0.3, -0.25) is 9.48 Å². The minimum atomic E-state index is -1.00. The van der Waals surface area contributed by atoms with Crippen molar-refractivity contribution in [3.63, 3.8) is 0 Å². The number of aryl methyl sites for hydroxylation is 2. The van der Waals surface area contributed by atoms with Crippen molar-refractivity contribution >= 4 is 11.7 Å². The van der Waals surface area contributed by atoms with Gasteiger partial charge in [0.1, 0.15) is 17.2 Å². The van der Waals surface area contributed by atoms with E-state index in [1.807, 2.05) is 18.0 Å². The van der Waals surface area contributed by atoms with E-state index < -0.39 is 5.60 Å². The lowest BCUT2D eigenvalue weighted by molar-refractivity contribution is -0.122. The zero-order valence-corrected chi connectivity index (χ0v) is 14.2. The summed E-state index contributed by atoms with van der Waals surface area (Å²) in [7, 11) is 1.84. The van der Waals surface area contributed by atoms with Crippen LogP contribution in [0.4, 0.5) is 10.2 Å². The topological polar surface area (TPSA) is 83.3 Å². The van der Waals surface area contributed by atoms with Gasteiger partial charge < -0.3 is 15.3 Å². The van der Waals surface area contributed by atoms with Crippen LogP contribution in [-0.4, -0.2) is 51.0 Å². The fourth-order valence-electron chi connectivity index (χ4n) is 2.99. The first-order valence-electron chi connectivity index (χ1n) is 8.28. The van der Waals surface area contributed by atoms with Crippen molar-refractivity contribution in [2.75, 3.05) is 24.5 Å². The summed E-state index contributed by atoms with van der Waals surface area (Å²) in [6.07, 6.45) is 4.33. The smallest absolute Gasteiger partial charge is 0.220 e. The van der Waals surface area contributed by atoms with Crippen LogP contribution < -0.4 is 10.2 Å². The predicted molar refractivity (Wildman–Crippen MR) is 90.5 cm³/mol. The summed E-state index contributed by atoms with van der Waals surface area (Å²) in [5.74, 6) is 0.131. The van der Waals surface area contributed by atoms with Crippen molar-refractivity contribution in [1.82, 2.24) is 20.1 Å². The second-order valence-corrected chi connectivity index (χ2v) is 6.45. The van der Waals surface area contributed by atoms with E-state index in [-0.39, 0.29) is 18.3 Å². The number of aromatic nitrogens is 3. The Labute approximate surface area is 145 Å². The lowest BCUT2D eigenvalue weighted by Gasteiger charge is -2.24. The lowest BCUT2D eigenvalue weighted by atomic mass is 10.0. The van der Waals surface area contributed by atoms with Gasteiger partial charge in [0.2, 0.25) is 5.91 Å². The largest absolute Gasteiger partial charge is 0.386 e. The summed E-state index contributed by atoms with van der Waals surface area (Å²) in [6.45, 7) is 1.16. The predicted octanol–water partition coefficient (Wildman–Crippen LogP) is 0.644. The maximum Gasteiger partial charge on any atom is 0.220 e. The summed E-state index contributed by atoms with van der Waals surface area (Å²) >= 11 is 0. The first-order valence-corrected chi connectivity index (χ1v) is 8.28. The van der Waals surface area contributed by atoms with Crippen molar-refractivity contribution in [2.45, 2.75) is 24.9 Å². The molecule has 1 fully saturated rings. The number of hydrogen-bond donors (Lipinski definition) is 2. The third-order valence-corrected chi connectivity index (χ3v) is 4.51. The molecule has 7 nitrogen and oxygen atoms in total. The molecule has 1 amide bonds. The second kappa shape index (κ2) is 7.18. The fourth-order valence-corrected chi connectivity index (χ4v) is 2.99. The molecular formula is C17H22FN5O2. The highest BCUT2D eigenvalue weighted by atomic mass is 19.1. The summed E-state index contributed by atoms with van der Waals surface area (Å²) in [5, 5.41) is 17.5. The number of nitrogens with one attached hydrogen (secondary N) is 1. The van der Waals surface area contributed by atoms with Gasteiger partial charge in [-0.25, -0.2) is 9.37 Å². The highest BCUT2D eigenvalue weighted by molar-refractivity contribution is 5.76. The van der Waals surface area contributed by atoms with Gasteiger partial charge in [0.05, 0.1) is 6.20 Å². The van der Waals surface area contributed by atoms with Crippen LogP contribution in [0.15, 0.2) is 30.6 Å². The fraction of sp³-hybridized carbons (Fsp3) is 0.471. The number of β-amino-alcohol motifs (C(OH)–C–C–N with tert-alkyl or cyclic N) is 1. The Morgan fingerprint density at radius 3 is 2.96 bits per heavy atom. The SMILES string of the molecule is Cn1nccc1CCC(=O)NCC1(O)CCN(c2ccc(F)cn2)C1. The number of hydrogen-bond acceptors (Lipinski definition) is 5. The normalized spacial score (nSPS) is 20.0. The molecule has 0 bridgehead atoms. The Morgan fingerprint density at radius 1 is 1.44 bits per heavy atom. The molecule has 0 radical (unpaired) electrons. The number of halogens is 1. The first-order chi connectivity index (χ1) is 12.0. The maximum absolute atomic E-state index is 13.0. The average molecular weight is 347 g/mol. The van der Waals surface area contributed by atoms with Gasteiger partial charge in [0, 0.05) is 45.0 Å². The molecule has 8 heteroatoms. The second-order valence-electron chi connectivity index (χ2n) is 6.45. The highest BCUT2D eigenvalue weighted by Gasteiger charge is 2.36. The van der Waals surface area contributed by atoms with E-state index in [1.165, 1.54) is 6.07 Å². The molecule has 1 saturated heterocycles. The molecule has 134 valence electrons. The Kier molecular flexibility index (Phi) is 4.98. The minimum absolute atomic E-state index is 0.104. The van der Waals surface area contributed by atoms with Crippen LogP contribution in [0.2, 0.25) is 0 Å². The molecular weight excluding hydrogens is 325 g/mol.